The molecule has 1 aliphatic heterocycles. The normalized spacial score (nSPS) is 18.4. The van der Waals surface area contributed by atoms with Gasteiger partial charge in [0.2, 0.25) is 0 Å². The molecule has 0 spiro atoms. The van der Waals surface area contributed by atoms with Gasteiger partial charge in [-0.25, -0.2) is 0 Å². The first-order valence-corrected chi connectivity index (χ1v) is 7.16. The Balaban J connectivity index is 2.14. The van der Waals surface area contributed by atoms with E-state index in [2.05, 4.69) is 0 Å². The molecule has 1 amide bonds. The van der Waals surface area contributed by atoms with Gasteiger partial charge >= 0.3 is 5.97 Å². The largest absolute Gasteiger partial charge is 0.466 e. The first-order valence-electron chi connectivity index (χ1n) is 7.16. The molecule has 2 heterocycles. The minimum atomic E-state index is -0.319. The van der Waals surface area contributed by atoms with E-state index in [1.54, 1.807) is 31.1 Å². The number of piperidine rings is 1. The van der Waals surface area contributed by atoms with Crippen LogP contribution in [0.3, 0.4) is 0 Å². The van der Waals surface area contributed by atoms with Crippen molar-refractivity contribution in [1.82, 2.24) is 9.47 Å². The second kappa shape index (κ2) is 6.56. The topological polar surface area (TPSA) is 68.6 Å². The SMILES string of the molecule is CCOC(=O)C1CCCN(C(=O)c2cccn(C)c2=O)C1. The molecule has 1 atom stereocenters. The Labute approximate surface area is 123 Å². The number of ether oxygens (including phenoxy) is 1. The van der Waals surface area contributed by atoms with Crippen molar-refractivity contribution in [2.24, 2.45) is 13.0 Å². The Morgan fingerprint density at radius 2 is 2.19 bits per heavy atom. The van der Waals surface area contributed by atoms with Gasteiger partial charge in [0, 0.05) is 26.3 Å². The molecule has 6 nitrogen and oxygen atoms in total. The molecular weight excluding hydrogens is 272 g/mol. The van der Waals surface area contributed by atoms with E-state index in [1.165, 1.54) is 10.6 Å². The molecule has 0 saturated carbocycles. The first-order chi connectivity index (χ1) is 10.0. The molecule has 0 N–H and O–H groups in total. The van der Waals surface area contributed by atoms with Crippen molar-refractivity contribution in [3.8, 4) is 0 Å². The van der Waals surface area contributed by atoms with Crippen LogP contribution in [0.5, 0.6) is 0 Å². The third-order valence-electron chi connectivity index (χ3n) is 3.68. The maximum atomic E-state index is 12.5. The average Bonchev–Trinajstić information content (AvgIpc) is 2.50. The standard InChI is InChI=1S/C15H20N2O4/c1-3-21-15(20)11-6-4-9-17(10-11)14(19)12-7-5-8-16(2)13(12)18/h5,7-8,11H,3-4,6,9-10H2,1-2H3. The highest BCUT2D eigenvalue weighted by Crippen LogP contribution is 2.19. The lowest BCUT2D eigenvalue weighted by Gasteiger charge is -2.31. The van der Waals surface area contributed by atoms with Crippen molar-refractivity contribution in [3.63, 3.8) is 0 Å². The third-order valence-corrected chi connectivity index (χ3v) is 3.68. The molecule has 0 bridgehead atoms. The molecule has 2 rings (SSSR count). The molecule has 0 radical (unpaired) electrons. The Morgan fingerprint density at radius 1 is 1.43 bits per heavy atom. The molecule has 0 aromatic carbocycles. The molecule has 1 saturated heterocycles. The van der Waals surface area contributed by atoms with Gasteiger partial charge in [0.1, 0.15) is 5.56 Å². The second-order valence-electron chi connectivity index (χ2n) is 5.18. The van der Waals surface area contributed by atoms with Crippen LogP contribution in [0.1, 0.15) is 30.1 Å². The molecule has 1 aliphatic rings. The van der Waals surface area contributed by atoms with Gasteiger partial charge in [-0.15, -0.1) is 0 Å². The molecule has 1 fully saturated rings. The van der Waals surface area contributed by atoms with Crippen LogP contribution in [-0.2, 0) is 16.6 Å². The van der Waals surface area contributed by atoms with Gasteiger partial charge in [0.05, 0.1) is 12.5 Å². The summed E-state index contributed by atoms with van der Waals surface area (Å²) in [4.78, 5) is 37.8. The molecule has 1 unspecified atom stereocenters. The van der Waals surface area contributed by atoms with Crippen LogP contribution in [-0.4, -0.2) is 41.0 Å². The van der Waals surface area contributed by atoms with Crippen molar-refractivity contribution in [1.29, 1.82) is 0 Å². The van der Waals surface area contributed by atoms with Crippen molar-refractivity contribution in [2.75, 3.05) is 19.7 Å². The van der Waals surface area contributed by atoms with Gasteiger partial charge in [0.15, 0.2) is 0 Å². The minimum absolute atomic E-state index is 0.143. The Kier molecular flexibility index (Phi) is 4.77. The van der Waals surface area contributed by atoms with Crippen LogP contribution >= 0.6 is 0 Å². The van der Waals surface area contributed by atoms with E-state index in [1.807, 2.05) is 0 Å². The summed E-state index contributed by atoms with van der Waals surface area (Å²) in [7, 11) is 1.61. The fourth-order valence-corrected chi connectivity index (χ4v) is 2.54. The quantitative estimate of drug-likeness (QED) is 0.773. The number of aryl methyl sites for hydroxylation is 1. The smallest absolute Gasteiger partial charge is 0.310 e. The van der Waals surface area contributed by atoms with E-state index in [0.29, 0.717) is 19.7 Å². The summed E-state index contributed by atoms with van der Waals surface area (Å²) in [6.07, 6.45) is 3.06. The van der Waals surface area contributed by atoms with Crippen molar-refractivity contribution >= 4 is 11.9 Å². The maximum absolute atomic E-state index is 12.5. The Morgan fingerprint density at radius 3 is 2.90 bits per heavy atom. The van der Waals surface area contributed by atoms with E-state index >= 15 is 0 Å². The van der Waals surface area contributed by atoms with E-state index < -0.39 is 0 Å². The Hall–Kier alpha value is -2.11. The van der Waals surface area contributed by atoms with Crippen LogP contribution in [0.15, 0.2) is 23.1 Å². The number of esters is 1. The fourth-order valence-electron chi connectivity index (χ4n) is 2.54. The number of hydrogen-bond acceptors (Lipinski definition) is 4. The second-order valence-corrected chi connectivity index (χ2v) is 5.18. The number of pyridine rings is 1. The highest BCUT2D eigenvalue weighted by molar-refractivity contribution is 5.94. The van der Waals surface area contributed by atoms with Crippen LogP contribution in [0, 0.1) is 5.92 Å². The summed E-state index contributed by atoms with van der Waals surface area (Å²) in [6, 6.07) is 3.19. The lowest BCUT2D eigenvalue weighted by Crippen LogP contribution is -2.44. The van der Waals surface area contributed by atoms with E-state index in [0.717, 1.165) is 12.8 Å². The van der Waals surface area contributed by atoms with Crippen molar-refractivity contribution in [3.05, 3.63) is 34.2 Å². The van der Waals surface area contributed by atoms with Gasteiger partial charge in [-0.2, -0.15) is 0 Å². The van der Waals surface area contributed by atoms with E-state index in [9.17, 15) is 14.4 Å². The summed E-state index contributed by atoms with van der Waals surface area (Å²) >= 11 is 0. The molecule has 21 heavy (non-hydrogen) atoms. The zero-order valence-corrected chi connectivity index (χ0v) is 12.4. The average molecular weight is 292 g/mol. The number of aromatic nitrogens is 1. The maximum Gasteiger partial charge on any atom is 0.310 e. The van der Waals surface area contributed by atoms with E-state index in [4.69, 9.17) is 4.74 Å². The third kappa shape index (κ3) is 3.32. The number of carbonyl (C=O) groups is 2. The Bertz CT molecular complexity index is 594. The number of carbonyl (C=O) groups excluding carboxylic acids is 2. The predicted molar refractivity (Wildman–Crippen MR) is 76.9 cm³/mol. The van der Waals surface area contributed by atoms with Crippen LogP contribution in [0.4, 0.5) is 0 Å². The van der Waals surface area contributed by atoms with Crippen LogP contribution in [0.25, 0.3) is 0 Å². The minimum Gasteiger partial charge on any atom is -0.466 e. The number of nitrogens with zero attached hydrogens (tertiary/aromatic N) is 2. The van der Waals surface area contributed by atoms with Gasteiger partial charge in [0.25, 0.3) is 11.5 Å². The number of rotatable bonds is 3. The molecule has 0 aliphatic carbocycles. The summed E-state index contributed by atoms with van der Waals surface area (Å²) in [6.45, 7) is 2.97. The monoisotopic (exact) mass is 292 g/mol. The van der Waals surface area contributed by atoms with Gasteiger partial charge in [-0.3, -0.25) is 14.4 Å². The van der Waals surface area contributed by atoms with Crippen molar-refractivity contribution in [2.45, 2.75) is 19.8 Å². The summed E-state index contributed by atoms with van der Waals surface area (Å²) < 4.78 is 6.39. The highest BCUT2D eigenvalue weighted by atomic mass is 16.5. The lowest BCUT2D eigenvalue weighted by atomic mass is 9.97. The van der Waals surface area contributed by atoms with Crippen LogP contribution in [0.2, 0.25) is 0 Å². The van der Waals surface area contributed by atoms with Gasteiger partial charge < -0.3 is 14.2 Å². The molecule has 6 heteroatoms. The zero-order chi connectivity index (χ0) is 15.4. The number of hydrogen-bond donors (Lipinski definition) is 0. The fraction of sp³-hybridized carbons (Fsp3) is 0.533. The number of likely N-dealkylation sites (tertiary alicyclic amines) is 1. The number of amides is 1. The summed E-state index contributed by atoms with van der Waals surface area (Å²) in [5, 5.41) is 0. The van der Waals surface area contributed by atoms with E-state index in [-0.39, 0.29) is 28.9 Å². The van der Waals surface area contributed by atoms with Crippen molar-refractivity contribution < 1.29 is 14.3 Å². The molecule has 114 valence electrons. The highest BCUT2D eigenvalue weighted by Gasteiger charge is 2.30. The lowest BCUT2D eigenvalue weighted by molar-refractivity contribution is -0.149. The van der Waals surface area contributed by atoms with Gasteiger partial charge in [-0.1, -0.05) is 0 Å². The summed E-state index contributed by atoms with van der Waals surface area (Å²) in [5.41, 5.74) is -0.176. The zero-order valence-electron chi connectivity index (χ0n) is 12.4. The molecule has 1 aromatic rings. The van der Waals surface area contributed by atoms with Crippen LogP contribution < -0.4 is 5.56 Å². The predicted octanol–water partition coefficient (Wildman–Crippen LogP) is 0.801. The summed E-state index contributed by atoms with van der Waals surface area (Å²) in [5.74, 6) is -0.878. The van der Waals surface area contributed by atoms with Gasteiger partial charge in [-0.05, 0) is 31.9 Å². The molecular formula is C15H20N2O4. The first kappa shape index (κ1) is 15.3. The molecule has 1 aromatic heterocycles.